The van der Waals surface area contributed by atoms with Crippen LogP contribution in [0.25, 0.3) is 0 Å². The molecule has 0 spiro atoms. The maximum Gasteiger partial charge on any atom is 0.224 e. The molecule has 1 aromatic heterocycles. The van der Waals surface area contributed by atoms with Crippen molar-refractivity contribution in [2.75, 3.05) is 11.1 Å². The zero-order valence-corrected chi connectivity index (χ0v) is 12.0. The lowest BCUT2D eigenvalue weighted by Crippen LogP contribution is -2.10. The fourth-order valence-corrected chi connectivity index (χ4v) is 1.92. The molecule has 0 aliphatic carbocycles. The van der Waals surface area contributed by atoms with E-state index < -0.39 is 0 Å². The molecule has 1 atom stereocenters. The Balaban J connectivity index is 2.18. The van der Waals surface area contributed by atoms with Gasteiger partial charge in [0.2, 0.25) is 5.28 Å². The summed E-state index contributed by atoms with van der Waals surface area (Å²) in [5.41, 5.74) is 7.39. The van der Waals surface area contributed by atoms with Crippen LogP contribution in [-0.4, -0.2) is 9.97 Å². The van der Waals surface area contributed by atoms with E-state index in [9.17, 15) is 0 Å². The van der Waals surface area contributed by atoms with Gasteiger partial charge in [-0.1, -0.05) is 28.1 Å². The summed E-state index contributed by atoms with van der Waals surface area (Å²) in [6.07, 6.45) is 1.49. The Bertz CT molecular complexity index is 544. The molecule has 0 saturated heterocycles. The first kappa shape index (κ1) is 13.1. The zero-order valence-electron chi connectivity index (χ0n) is 9.69. The van der Waals surface area contributed by atoms with Crippen LogP contribution < -0.4 is 11.1 Å². The van der Waals surface area contributed by atoms with E-state index in [4.69, 9.17) is 17.3 Å². The minimum absolute atomic E-state index is 0.0753. The van der Waals surface area contributed by atoms with Crippen molar-refractivity contribution < 1.29 is 0 Å². The van der Waals surface area contributed by atoms with Gasteiger partial charge in [-0.3, -0.25) is 0 Å². The second-order valence-electron chi connectivity index (χ2n) is 3.86. The number of benzene rings is 1. The molecule has 1 heterocycles. The maximum atomic E-state index is 5.79. The average Bonchev–Trinajstić information content (AvgIpc) is 2.34. The highest BCUT2D eigenvalue weighted by Crippen LogP contribution is 2.23. The molecule has 0 aliphatic rings. The van der Waals surface area contributed by atoms with Gasteiger partial charge in [0.05, 0.1) is 17.9 Å². The maximum absolute atomic E-state index is 5.79. The van der Waals surface area contributed by atoms with Crippen LogP contribution in [0.2, 0.25) is 5.28 Å². The van der Waals surface area contributed by atoms with Gasteiger partial charge >= 0.3 is 0 Å². The molecule has 0 amide bonds. The normalized spacial score (nSPS) is 12.2. The van der Waals surface area contributed by atoms with E-state index in [2.05, 4.69) is 31.2 Å². The molecule has 0 bridgehead atoms. The highest BCUT2D eigenvalue weighted by atomic mass is 79.9. The number of nitrogens with two attached hydrogens (primary N) is 1. The van der Waals surface area contributed by atoms with E-state index in [-0.39, 0.29) is 11.3 Å². The fraction of sp³-hybridized carbons (Fsp3) is 0.167. The molecule has 0 fully saturated rings. The topological polar surface area (TPSA) is 63.8 Å². The number of halogens is 2. The van der Waals surface area contributed by atoms with E-state index in [0.717, 1.165) is 10.0 Å². The van der Waals surface area contributed by atoms with Gasteiger partial charge in [-0.15, -0.1) is 0 Å². The average molecular weight is 328 g/mol. The molecule has 2 aromatic rings. The number of rotatable bonds is 3. The lowest BCUT2D eigenvalue weighted by molar-refractivity contribution is 0.873. The van der Waals surface area contributed by atoms with Gasteiger partial charge in [-0.2, -0.15) is 4.98 Å². The third-order valence-electron chi connectivity index (χ3n) is 2.51. The van der Waals surface area contributed by atoms with Gasteiger partial charge in [0.25, 0.3) is 0 Å². The summed E-state index contributed by atoms with van der Waals surface area (Å²) in [7, 11) is 0. The SMILES string of the molecule is C[C@@H](Nc1nc(Cl)ncc1N)c1ccc(Br)cc1. The number of nitrogens with zero attached hydrogens (tertiary/aromatic N) is 2. The van der Waals surface area contributed by atoms with Gasteiger partial charge in [0.1, 0.15) is 0 Å². The Labute approximate surface area is 119 Å². The summed E-state index contributed by atoms with van der Waals surface area (Å²) >= 11 is 9.15. The predicted octanol–water partition coefficient (Wildman–Crippen LogP) is 3.65. The van der Waals surface area contributed by atoms with Gasteiger partial charge in [-0.05, 0) is 36.2 Å². The molecule has 0 aliphatic heterocycles. The largest absolute Gasteiger partial charge is 0.394 e. The van der Waals surface area contributed by atoms with Crippen LogP contribution in [-0.2, 0) is 0 Å². The molecule has 0 unspecified atom stereocenters. The molecule has 0 saturated carbocycles. The Morgan fingerprint density at radius 3 is 2.67 bits per heavy atom. The Morgan fingerprint density at radius 2 is 2.00 bits per heavy atom. The molecule has 4 nitrogen and oxygen atoms in total. The van der Waals surface area contributed by atoms with Crippen molar-refractivity contribution in [2.24, 2.45) is 0 Å². The van der Waals surface area contributed by atoms with Crippen LogP contribution in [0.1, 0.15) is 18.5 Å². The highest BCUT2D eigenvalue weighted by Gasteiger charge is 2.09. The van der Waals surface area contributed by atoms with Crippen molar-refractivity contribution in [3.8, 4) is 0 Å². The molecule has 3 N–H and O–H groups in total. The van der Waals surface area contributed by atoms with Crippen LogP contribution in [0.3, 0.4) is 0 Å². The van der Waals surface area contributed by atoms with Crippen LogP contribution >= 0.6 is 27.5 Å². The van der Waals surface area contributed by atoms with Gasteiger partial charge in [-0.25, -0.2) is 4.98 Å². The smallest absolute Gasteiger partial charge is 0.224 e. The summed E-state index contributed by atoms with van der Waals surface area (Å²) in [4.78, 5) is 7.88. The standard InChI is InChI=1S/C12H12BrClN4/c1-7(8-2-4-9(13)5-3-8)17-11-10(15)6-16-12(14)18-11/h2-7H,15H2,1H3,(H,16,17,18)/t7-/m1/s1. The molecular weight excluding hydrogens is 316 g/mol. The van der Waals surface area contributed by atoms with Crippen LogP contribution in [0.4, 0.5) is 11.5 Å². The molecular formula is C12H12BrClN4. The second-order valence-corrected chi connectivity index (χ2v) is 5.11. The number of nitrogens with one attached hydrogen (secondary N) is 1. The first-order chi connectivity index (χ1) is 8.56. The number of hydrogen-bond donors (Lipinski definition) is 2. The summed E-state index contributed by atoms with van der Waals surface area (Å²) < 4.78 is 1.04. The number of anilines is 2. The monoisotopic (exact) mass is 326 g/mol. The van der Waals surface area contributed by atoms with Crippen molar-refractivity contribution in [2.45, 2.75) is 13.0 Å². The second kappa shape index (κ2) is 5.54. The lowest BCUT2D eigenvalue weighted by Gasteiger charge is -2.16. The summed E-state index contributed by atoms with van der Waals surface area (Å²) in [6, 6.07) is 8.11. The molecule has 0 radical (unpaired) electrons. The van der Waals surface area contributed by atoms with Crippen molar-refractivity contribution in [3.05, 3.63) is 45.8 Å². The first-order valence-corrected chi connectivity index (χ1v) is 6.53. The summed E-state index contributed by atoms with van der Waals surface area (Å²) in [5, 5.41) is 3.39. The van der Waals surface area contributed by atoms with Crippen molar-refractivity contribution >= 4 is 39.0 Å². The summed E-state index contributed by atoms with van der Waals surface area (Å²) in [6.45, 7) is 2.03. The quantitative estimate of drug-likeness (QED) is 0.845. The third kappa shape index (κ3) is 3.11. The molecule has 1 aromatic carbocycles. The first-order valence-electron chi connectivity index (χ1n) is 5.36. The van der Waals surface area contributed by atoms with E-state index in [1.807, 2.05) is 31.2 Å². The number of nitrogen functional groups attached to an aromatic ring is 1. The molecule has 2 rings (SSSR count). The van der Waals surface area contributed by atoms with E-state index >= 15 is 0 Å². The minimum atomic E-state index is 0.0753. The summed E-state index contributed by atoms with van der Waals surface area (Å²) in [5.74, 6) is 0.547. The fourth-order valence-electron chi connectivity index (χ4n) is 1.53. The third-order valence-corrected chi connectivity index (χ3v) is 3.22. The lowest BCUT2D eigenvalue weighted by atomic mass is 10.1. The minimum Gasteiger partial charge on any atom is -0.394 e. The Hall–Kier alpha value is -1.33. The zero-order chi connectivity index (χ0) is 13.1. The Kier molecular flexibility index (Phi) is 4.04. The van der Waals surface area contributed by atoms with E-state index in [1.54, 1.807) is 0 Å². The molecule has 94 valence electrons. The number of hydrogen-bond acceptors (Lipinski definition) is 4. The van der Waals surface area contributed by atoms with Gasteiger partial charge < -0.3 is 11.1 Å². The van der Waals surface area contributed by atoms with Crippen LogP contribution in [0, 0.1) is 0 Å². The molecule has 18 heavy (non-hydrogen) atoms. The Morgan fingerprint density at radius 1 is 1.33 bits per heavy atom. The predicted molar refractivity (Wildman–Crippen MR) is 77.6 cm³/mol. The van der Waals surface area contributed by atoms with Crippen LogP contribution in [0.5, 0.6) is 0 Å². The van der Waals surface area contributed by atoms with Crippen molar-refractivity contribution in [1.82, 2.24) is 9.97 Å². The molecule has 6 heteroatoms. The van der Waals surface area contributed by atoms with E-state index in [0.29, 0.717) is 11.5 Å². The van der Waals surface area contributed by atoms with Crippen LogP contribution in [0.15, 0.2) is 34.9 Å². The van der Waals surface area contributed by atoms with Gasteiger partial charge in [0.15, 0.2) is 5.82 Å². The van der Waals surface area contributed by atoms with Gasteiger partial charge in [0, 0.05) is 4.47 Å². The van der Waals surface area contributed by atoms with E-state index in [1.165, 1.54) is 6.20 Å². The van der Waals surface area contributed by atoms with Crippen molar-refractivity contribution in [3.63, 3.8) is 0 Å². The number of aromatic nitrogens is 2. The highest BCUT2D eigenvalue weighted by molar-refractivity contribution is 9.10. The van der Waals surface area contributed by atoms with Crippen molar-refractivity contribution in [1.29, 1.82) is 0 Å².